The van der Waals surface area contributed by atoms with Gasteiger partial charge < -0.3 is 5.32 Å². The number of carbonyl (C=O) groups excluding carboxylic acids is 1. The highest BCUT2D eigenvalue weighted by Gasteiger charge is 2.42. The standard InChI is InChI=1S/C14H16FN3OS/c15-10-3-4-12-11(6-10)13(19)18(14(20)17-12)8-9-2-1-5-16-7-9/h1-2,5,7,10-12H,3-4,6,8H2,(H,17,20). The molecule has 6 heteroatoms. The van der Waals surface area contributed by atoms with Gasteiger partial charge in [0.05, 0.1) is 12.5 Å². The van der Waals surface area contributed by atoms with Crippen molar-refractivity contribution in [1.29, 1.82) is 0 Å². The van der Waals surface area contributed by atoms with Crippen LogP contribution in [0.2, 0.25) is 0 Å². The summed E-state index contributed by atoms with van der Waals surface area (Å²) in [7, 11) is 0. The van der Waals surface area contributed by atoms with Gasteiger partial charge in [0.15, 0.2) is 5.11 Å². The fourth-order valence-corrected chi connectivity index (χ4v) is 3.23. The molecule has 1 aromatic heterocycles. The molecule has 20 heavy (non-hydrogen) atoms. The lowest BCUT2D eigenvalue weighted by Crippen LogP contribution is -2.61. The number of carbonyl (C=O) groups is 1. The second kappa shape index (κ2) is 5.44. The van der Waals surface area contributed by atoms with E-state index < -0.39 is 6.17 Å². The summed E-state index contributed by atoms with van der Waals surface area (Å²) in [5, 5.41) is 3.63. The Morgan fingerprint density at radius 1 is 1.50 bits per heavy atom. The maximum Gasteiger partial charge on any atom is 0.234 e. The summed E-state index contributed by atoms with van der Waals surface area (Å²) in [5.41, 5.74) is 0.913. The Bertz CT molecular complexity index is 524. The zero-order valence-electron chi connectivity index (χ0n) is 11.0. The summed E-state index contributed by atoms with van der Waals surface area (Å²) >= 11 is 5.28. The third-order valence-corrected chi connectivity index (χ3v) is 4.33. The molecule has 1 saturated heterocycles. The van der Waals surface area contributed by atoms with Crippen LogP contribution in [0.15, 0.2) is 24.5 Å². The molecule has 4 nitrogen and oxygen atoms in total. The Morgan fingerprint density at radius 3 is 3.10 bits per heavy atom. The molecule has 0 spiro atoms. The van der Waals surface area contributed by atoms with Crippen molar-refractivity contribution in [3.63, 3.8) is 0 Å². The molecule has 0 aromatic carbocycles. The first-order valence-corrected chi connectivity index (χ1v) is 7.21. The number of aromatic nitrogens is 1. The van der Waals surface area contributed by atoms with Crippen molar-refractivity contribution in [2.24, 2.45) is 5.92 Å². The van der Waals surface area contributed by atoms with E-state index >= 15 is 0 Å². The normalized spacial score (nSPS) is 29.9. The van der Waals surface area contributed by atoms with Gasteiger partial charge in [-0.1, -0.05) is 6.07 Å². The third kappa shape index (κ3) is 2.52. The molecule has 1 amide bonds. The molecule has 2 fully saturated rings. The SMILES string of the molecule is O=C1C2CC(F)CCC2NC(=S)N1Cc1cccnc1. The minimum Gasteiger partial charge on any atom is -0.359 e. The highest BCUT2D eigenvalue weighted by molar-refractivity contribution is 7.80. The molecule has 3 unspecified atom stereocenters. The number of nitrogens with one attached hydrogen (secondary N) is 1. The molecule has 1 saturated carbocycles. The van der Waals surface area contributed by atoms with Crippen LogP contribution in [0.3, 0.4) is 0 Å². The van der Waals surface area contributed by atoms with Gasteiger partial charge >= 0.3 is 0 Å². The minimum atomic E-state index is -0.881. The van der Waals surface area contributed by atoms with Crippen LogP contribution in [0.5, 0.6) is 0 Å². The number of fused-ring (bicyclic) bond motifs is 1. The van der Waals surface area contributed by atoms with E-state index in [-0.39, 0.29) is 17.9 Å². The zero-order valence-corrected chi connectivity index (χ0v) is 11.8. The lowest BCUT2D eigenvalue weighted by molar-refractivity contribution is -0.136. The molecule has 1 aliphatic heterocycles. The van der Waals surface area contributed by atoms with Gasteiger partial charge in [0.25, 0.3) is 0 Å². The molecule has 1 N–H and O–H groups in total. The number of pyridine rings is 1. The van der Waals surface area contributed by atoms with E-state index in [9.17, 15) is 9.18 Å². The van der Waals surface area contributed by atoms with Gasteiger partial charge in [-0.25, -0.2) is 4.39 Å². The maximum absolute atomic E-state index is 13.5. The number of amides is 1. The van der Waals surface area contributed by atoms with Crippen molar-refractivity contribution in [3.8, 4) is 0 Å². The molecule has 3 rings (SSSR count). The fraction of sp³-hybridized carbons (Fsp3) is 0.500. The molecule has 3 atom stereocenters. The van der Waals surface area contributed by atoms with E-state index in [1.165, 1.54) is 4.90 Å². The average molecular weight is 293 g/mol. The lowest BCUT2D eigenvalue weighted by atomic mass is 9.81. The highest BCUT2D eigenvalue weighted by Crippen LogP contribution is 2.31. The number of rotatable bonds is 2. The van der Waals surface area contributed by atoms with E-state index in [0.29, 0.717) is 30.9 Å². The summed E-state index contributed by atoms with van der Waals surface area (Å²) < 4.78 is 13.5. The Hall–Kier alpha value is -1.56. The summed E-state index contributed by atoms with van der Waals surface area (Å²) in [5.74, 6) is -0.368. The van der Waals surface area contributed by atoms with Gasteiger partial charge in [-0.05, 0) is 43.1 Å². The van der Waals surface area contributed by atoms with E-state index in [1.54, 1.807) is 12.4 Å². The van der Waals surface area contributed by atoms with Crippen LogP contribution in [0.1, 0.15) is 24.8 Å². The second-order valence-corrected chi connectivity index (χ2v) is 5.75. The van der Waals surface area contributed by atoms with Gasteiger partial charge in [-0.15, -0.1) is 0 Å². The molecule has 1 aliphatic carbocycles. The quantitative estimate of drug-likeness (QED) is 0.845. The maximum atomic E-state index is 13.5. The van der Waals surface area contributed by atoms with Crippen molar-refractivity contribution in [1.82, 2.24) is 15.2 Å². The number of thiocarbonyl (C=S) groups is 1. The molecule has 0 bridgehead atoms. The molecular formula is C14H16FN3OS. The number of halogens is 1. The number of hydrogen-bond acceptors (Lipinski definition) is 3. The largest absolute Gasteiger partial charge is 0.359 e. The summed E-state index contributed by atoms with van der Waals surface area (Å²) in [6, 6.07) is 3.71. The third-order valence-electron chi connectivity index (χ3n) is 3.99. The van der Waals surface area contributed by atoms with Crippen LogP contribution in [-0.2, 0) is 11.3 Å². The topological polar surface area (TPSA) is 45.2 Å². The van der Waals surface area contributed by atoms with Crippen LogP contribution in [-0.4, -0.2) is 33.1 Å². The van der Waals surface area contributed by atoms with Crippen LogP contribution in [0, 0.1) is 5.92 Å². The smallest absolute Gasteiger partial charge is 0.234 e. The summed E-state index contributed by atoms with van der Waals surface area (Å²) in [6.45, 7) is 0.388. The Kier molecular flexibility index (Phi) is 3.65. The molecule has 2 heterocycles. The van der Waals surface area contributed by atoms with E-state index in [0.717, 1.165) is 5.56 Å². The van der Waals surface area contributed by atoms with Gasteiger partial charge in [0.2, 0.25) is 5.91 Å². The first-order valence-electron chi connectivity index (χ1n) is 6.80. The van der Waals surface area contributed by atoms with Gasteiger partial charge in [-0.3, -0.25) is 14.7 Å². The van der Waals surface area contributed by atoms with Crippen molar-refractivity contribution in [2.75, 3.05) is 0 Å². The van der Waals surface area contributed by atoms with Gasteiger partial charge in [0.1, 0.15) is 6.17 Å². The van der Waals surface area contributed by atoms with Crippen molar-refractivity contribution in [3.05, 3.63) is 30.1 Å². The van der Waals surface area contributed by atoms with Crippen molar-refractivity contribution in [2.45, 2.75) is 38.0 Å². The Balaban J connectivity index is 1.77. The van der Waals surface area contributed by atoms with Crippen LogP contribution < -0.4 is 5.32 Å². The first kappa shape index (κ1) is 13.4. The second-order valence-electron chi connectivity index (χ2n) is 5.36. The molecule has 106 valence electrons. The monoisotopic (exact) mass is 293 g/mol. The Labute approximate surface area is 122 Å². The summed E-state index contributed by atoms with van der Waals surface area (Å²) in [6.07, 6.45) is 3.98. The van der Waals surface area contributed by atoms with Crippen LogP contribution >= 0.6 is 12.2 Å². The van der Waals surface area contributed by atoms with E-state index in [4.69, 9.17) is 12.2 Å². The first-order chi connectivity index (χ1) is 9.65. The number of alkyl halides is 1. The van der Waals surface area contributed by atoms with E-state index in [2.05, 4.69) is 10.3 Å². The lowest BCUT2D eigenvalue weighted by Gasteiger charge is -2.42. The van der Waals surface area contributed by atoms with Crippen molar-refractivity contribution < 1.29 is 9.18 Å². The predicted octanol–water partition coefficient (Wildman–Crippen LogP) is 1.81. The predicted molar refractivity (Wildman–Crippen MR) is 76.5 cm³/mol. The zero-order chi connectivity index (χ0) is 14.1. The van der Waals surface area contributed by atoms with Crippen LogP contribution in [0.4, 0.5) is 4.39 Å². The highest BCUT2D eigenvalue weighted by atomic mass is 32.1. The molecular weight excluding hydrogens is 277 g/mol. The number of hydrogen-bond donors (Lipinski definition) is 1. The molecule has 2 aliphatic rings. The summed E-state index contributed by atoms with van der Waals surface area (Å²) in [4.78, 5) is 18.1. The average Bonchev–Trinajstić information content (AvgIpc) is 2.46. The molecule has 1 aromatic rings. The Morgan fingerprint density at radius 2 is 2.35 bits per heavy atom. The number of nitrogens with zero attached hydrogens (tertiary/aromatic N) is 2. The fourth-order valence-electron chi connectivity index (χ4n) is 2.93. The van der Waals surface area contributed by atoms with Gasteiger partial charge in [-0.2, -0.15) is 0 Å². The van der Waals surface area contributed by atoms with Gasteiger partial charge in [0, 0.05) is 18.4 Å². The van der Waals surface area contributed by atoms with Crippen molar-refractivity contribution >= 4 is 23.2 Å². The minimum absolute atomic E-state index is 0.00727. The molecule has 0 radical (unpaired) electrons. The van der Waals surface area contributed by atoms with E-state index in [1.807, 2.05) is 12.1 Å². The van der Waals surface area contributed by atoms with Crippen LogP contribution in [0.25, 0.3) is 0 Å².